The fraction of sp³-hybridized carbons (Fsp3) is 0.278. The lowest BCUT2D eigenvalue weighted by molar-refractivity contribution is 0.0986. The summed E-state index contributed by atoms with van der Waals surface area (Å²) < 4.78 is 20.7. The van der Waals surface area contributed by atoms with Crippen molar-refractivity contribution < 1.29 is 39.1 Å². The van der Waals surface area contributed by atoms with Crippen molar-refractivity contribution in [2.45, 2.75) is 6.42 Å². The maximum atomic E-state index is 12.7. The maximum absolute atomic E-state index is 12.7. The van der Waals surface area contributed by atoms with Gasteiger partial charge in [0, 0.05) is 12.5 Å². The summed E-state index contributed by atoms with van der Waals surface area (Å²) in [7, 11) is 5.59. The Kier molecular flexibility index (Phi) is 5.66. The first-order chi connectivity index (χ1) is 12.4. The summed E-state index contributed by atoms with van der Waals surface area (Å²) in [6.45, 7) is 0. The molecule has 3 N–H and O–H groups in total. The third kappa shape index (κ3) is 3.39. The van der Waals surface area contributed by atoms with Crippen LogP contribution in [0.4, 0.5) is 0 Å². The molecule has 0 unspecified atom stereocenters. The van der Waals surface area contributed by atoms with Crippen LogP contribution < -0.4 is 18.9 Å². The molecule has 8 nitrogen and oxygen atoms in total. The Morgan fingerprint density at radius 2 is 1.35 bits per heavy atom. The molecule has 0 aliphatic carbocycles. The van der Waals surface area contributed by atoms with E-state index in [1.54, 1.807) is 12.1 Å². The smallest absolute Gasteiger partial charge is 0.203 e. The Morgan fingerprint density at radius 1 is 0.808 bits per heavy atom. The molecule has 0 bridgehead atoms. The minimum Gasteiger partial charge on any atom is -0.507 e. The van der Waals surface area contributed by atoms with E-state index in [-0.39, 0.29) is 17.7 Å². The molecule has 0 aliphatic heterocycles. The number of ketones is 1. The number of carbonyl (C=O) groups excluding carboxylic acids is 1. The van der Waals surface area contributed by atoms with Crippen LogP contribution in [0.1, 0.15) is 15.9 Å². The summed E-state index contributed by atoms with van der Waals surface area (Å²) in [5.74, 6) is -1.44. The largest absolute Gasteiger partial charge is 0.507 e. The fourth-order valence-electron chi connectivity index (χ4n) is 2.60. The molecule has 0 heterocycles. The van der Waals surface area contributed by atoms with Crippen LogP contribution in [0.3, 0.4) is 0 Å². The fourth-order valence-corrected chi connectivity index (χ4v) is 2.60. The topological polar surface area (TPSA) is 115 Å². The number of carbonyl (C=O) groups is 1. The summed E-state index contributed by atoms with van der Waals surface area (Å²) in [5.41, 5.74) is 0.287. The molecule has 0 radical (unpaired) electrons. The van der Waals surface area contributed by atoms with Gasteiger partial charge < -0.3 is 34.3 Å². The van der Waals surface area contributed by atoms with Gasteiger partial charge in [0.1, 0.15) is 11.3 Å². The molecule has 140 valence electrons. The van der Waals surface area contributed by atoms with Crippen LogP contribution in [0.25, 0.3) is 0 Å². The Bertz CT molecular complexity index is 803. The molecular formula is C18H20O8. The molecule has 26 heavy (non-hydrogen) atoms. The number of aromatic hydroxyl groups is 3. The van der Waals surface area contributed by atoms with E-state index in [1.165, 1.54) is 28.4 Å². The first kappa shape index (κ1) is 19.0. The van der Waals surface area contributed by atoms with Gasteiger partial charge in [-0.25, -0.2) is 0 Å². The summed E-state index contributed by atoms with van der Waals surface area (Å²) in [6.07, 6.45) is -0.148. The SMILES string of the molecule is COc1cc(CC(=O)c2c(O)cc(O)c(O)c2OC)cc(OC)c1OC. The molecule has 0 amide bonds. The number of hydrogen-bond donors (Lipinski definition) is 3. The van der Waals surface area contributed by atoms with E-state index in [4.69, 9.17) is 18.9 Å². The van der Waals surface area contributed by atoms with Gasteiger partial charge in [0.2, 0.25) is 11.5 Å². The molecular weight excluding hydrogens is 344 g/mol. The Morgan fingerprint density at radius 3 is 1.81 bits per heavy atom. The number of phenols is 3. The maximum Gasteiger partial charge on any atom is 0.203 e. The van der Waals surface area contributed by atoms with Gasteiger partial charge in [-0.1, -0.05) is 0 Å². The molecule has 2 aromatic rings. The minimum absolute atomic E-state index is 0.148. The van der Waals surface area contributed by atoms with Crippen LogP contribution in [0, 0.1) is 0 Å². The Hall–Kier alpha value is -3.29. The van der Waals surface area contributed by atoms with Gasteiger partial charge in [0.15, 0.2) is 28.8 Å². The Labute approximate surface area is 150 Å². The number of benzene rings is 2. The van der Waals surface area contributed by atoms with E-state index in [0.29, 0.717) is 22.8 Å². The van der Waals surface area contributed by atoms with Crippen molar-refractivity contribution in [3.8, 4) is 40.2 Å². The van der Waals surface area contributed by atoms with Crippen molar-refractivity contribution in [3.05, 3.63) is 29.3 Å². The van der Waals surface area contributed by atoms with Crippen LogP contribution in [0.15, 0.2) is 18.2 Å². The highest BCUT2D eigenvalue weighted by atomic mass is 16.5. The molecule has 0 aromatic heterocycles. The van der Waals surface area contributed by atoms with Crippen molar-refractivity contribution in [2.75, 3.05) is 28.4 Å². The average Bonchev–Trinajstić information content (AvgIpc) is 2.63. The van der Waals surface area contributed by atoms with Crippen molar-refractivity contribution in [1.29, 1.82) is 0 Å². The molecule has 0 spiro atoms. The number of ether oxygens (including phenoxy) is 4. The zero-order valence-corrected chi connectivity index (χ0v) is 14.8. The zero-order valence-electron chi connectivity index (χ0n) is 14.8. The molecule has 2 rings (SSSR count). The average molecular weight is 364 g/mol. The van der Waals surface area contributed by atoms with Gasteiger partial charge in [-0.15, -0.1) is 0 Å². The summed E-state index contributed by atoms with van der Waals surface area (Å²) in [6, 6.07) is 4.08. The second-order valence-electron chi connectivity index (χ2n) is 5.31. The number of phenolic OH excluding ortho intramolecular Hbond substituents is 3. The highest BCUT2D eigenvalue weighted by Gasteiger charge is 2.25. The third-order valence-electron chi connectivity index (χ3n) is 3.79. The van der Waals surface area contributed by atoms with Gasteiger partial charge in [-0.3, -0.25) is 4.79 Å². The van der Waals surface area contributed by atoms with Crippen molar-refractivity contribution in [2.24, 2.45) is 0 Å². The number of rotatable bonds is 7. The van der Waals surface area contributed by atoms with Gasteiger partial charge in [0.25, 0.3) is 0 Å². The first-order valence-electron chi connectivity index (χ1n) is 7.51. The van der Waals surface area contributed by atoms with Crippen LogP contribution in [0.5, 0.6) is 40.2 Å². The number of hydrogen-bond acceptors (Lipinski definition) is 8. The van der Waals surface area contributed by atoms with Crippen LogP contribution in [-0.2, 0) is 6.42 Å². The van der Waals surface area contributed by atoms with Gasteiger partial charge in [-0.2, -0.15) is 0 Å². The molecule has 8 heteroatoms. The quantitative estimate of drug-likeness (QED) is 0.389. The second-order valence-corrected chi connectivity index (χ2v) is 5.31. The molecule has 0 atom stereocenters. The lowest BCUT2D eigenvalue weighted by atomic mass is 9.99. The summed E-state index contributed by atoms with van der Waals surface area (Å²) in [5, 5.41) is 29.4. The van der Waals surface area contributed by atoms with E-state index in [1.807, 2.05) is 0 Å². The lowest BCUT2D eigenvalue weighted by Crippen LogP contribution is -2.07. The first-order valence-corrected chi connectivity index (χ1v) is 7.51. The van der Waals surface area contributed by atoms with E-state index in [0.717, 1.165) is 6.07 Å². The number of Topliss-reactive ketones (excluding diaryl/α,β-unsaturated/α-hetero) is 1. The van der Waals surface area contributed by atoms with Gasteiger partial charge in [0.05, 0.1) is 28.4 Å². The number of methoxy groups -OCH3 is 4. The lowest BCUT2D eigenvalue weighted by Gasteiger charge is -2.15. The molecule has 0 fully saturated rings. The highest BCUT2D eigenvalue weighted by molar-refractivity contribution is 6.03. The van der Waals surface area contributed by atoms with Crippen molar-refractivity contribution in [3.63, 3.8) is 0 Å². The zero-order chi connectivity index (χ0) is 19.4. The van der Waals surface area contributed by atoms with Crippen LogP contribution in [0.2, 0.25) is 0 Å². The second kappa shape index (κ2) is 7.73. The molecule has 0 saturated heterocycles. The van der Waals surface area contributed by atoms with Crippen molar-refractivity contribution >= 4 is 5.78 Å². The van der Waals surface area contributed by atoms with Gasteiger partial charge in [-0.05, 0) is 17.7 Å². The predicted molar refractivity (Wildman–Crippen MR) is 92.1 cm³/mol. The molecule has 0 aliphatic rings. The Balaban J connectivity index is 2.47. The summed E-state index contributed by atoms with van der Waals surface area (Å²) in [4.78, 5) is 12.7. The van der Waals surface area contributed by atoms with Gasteiger partial charge >= 0.3 is 0 Å². The standard InChI is InChI=1S/C18H20O8/c1-23-13-6-9(7-14(24-2)17(13)25-3)5-10(19)15-11(20)8-12(21)16(22)18(15)26-4/h6-8,20-22H,5H2,1-4H3. The van der Waals surface area contributed by atoms with Crippen LogP contribution in [-0.4, -0.2) is 49.5 Å². The van der Waals surface area contributed by atoms with E-state index in [2.05, 4.69) is 0 Å². The normalized spacial score (nSPS) is 10.3. The minimum atomic E-state index is -0.626. The van der Waals surface area contributed by atoms with E-state index < -0.39 is 23.0 Å². The van der Waals surface area contributed by atoms with E-state index >= 15 is 0 Å². The predicted octanol–water partition coefficient (Wildman–Crippen LogP) is 2.26. The van der Waals surface area contributed by atoms with Crippen molar-refractivity contribution in [1.82, 2.24) is 0 Å². The van der Waals surface area contributed by atoms with E-state index in [9.17, 15) is 20.1 Å². The molecule has 2 aromatic carbocycles. The summed E-state index contributed by atoms with van der Waals surface area (Å²) >= 11 is 0. The highest BCUT2D eigenvalue weighted by Crippen LogP contribution is 2.44. The van der Waals surface area contributed by atoms with Crippen LogP contribution >= 0.6 is 0 Å². The molecule has 0 saturated carbocycles. The monoisotopic (exact) mass is 364 g/mol. The third-order valence-corrected chi connectivity index (χ3v) is 3.79.